The highest BCUT2D eigenvalue weighted by atomic mass is 35.5. The van der Waals surface area contributed by atoms with Gasteiger partial charge in [0.2, 0.25) is 0 Å². The van der Waals surface area contributed by atoms with Crippen LogP contribution in [0.3, 0.4) is 0 Å². The first-order valence-electron chi connectivity index (χ1n) is 8.56. The van der Waals surface area contributed by atoms with Gasteiger partial charge < -0.3 is 11.1 Å². The molecule has 0 spiro atoms. The summed E-state index contributed by atoms with van der Waals surface area (Å²) in [7, 11) is 0. The van der Waals surface area contributed by atoms with Crippen molar-refractivity contribution in [1.82, 2.24) is 10.2 Å². The van der Waals surface area contributed by atoms with Gasteiger partial charge in [-0.15, -0.1) is 12.4 Å². The number of nitrogens with one attached hydrogen (secondary N) is 1. The summed E-state index contributed by atoms with van der Waals surface area (Å²) in [5.74, 6) is -0.987. The standard InChI is InChI=1S/C20H21N3O3.ClH/c1-13(12-21)22-18(24)15-7-8-16-17(11-15)20(26)23(19(16)25)10-9-14-5-3-2-4-6-14;/h2-8,11,13H,9-10,12,21H2,1H3,(H,22,24);1H/t13-;/m0./s1. The van der Waals surface area contributed by atoms with Crippen LogP contribution < -0.4 is 11.1 Å². The molecule has 0 fully saturated rings. The van der Waals surface area contributed by atoms with E-state index in [2.05, 4.69) is 5.32 Å². The van der Waals surface area contributed by atoms with Crippen molar-refractivity contribution in [3.63, 3.8) is 0 Å². The fraction of sp³-hybridized carbons (Fsp3) is 0.250. The molecule has 0 saturated carbocycles. The summed E-state index contributed by atoms with van der Waals surface area (Å²) in [6, 6.07) is 14.1. The van der Waals surface area contributed by atoms with Crippen LogP contribution in [-0.2, 0) is 6.42 Å². The van der Waals surface area contributed by atoms with E-state index in [9.17, 15) is 14.4 Å². The third kappa shape index (κ3) is 4.35. The van der Waals surface area contributed by atoms with Gasteiger partial charge in [-0.25, -0.2) is 0 Å². The van der Waals surface area contributed by atoms with E-state index in [0.717, 1.165) is 5.56 Å². The Morgan fingerprint density at radius 1 is 1.07 bits per heavy atom. The van der Waals surface area contributed by atoms with Crippen LogP contribution in [0, 0.1) is 0 Å². The molecule has 142 valence electrons. The molecule has 2 aromatic carbocycles. The van der Waals surface area contributed by atoms with Crippen molar-refractivity contribution in [3.8, 4) is 0 Å². The summed E-state index contributed by atoms with van der Waals surface area (Å²) >= 11 is 0. The van der Waals surface area contributed by atoms with Crippen LogP contribution in [0.2, 0.25) is 0 Å². The predicted molar refractivity (Wildman–Crippen MR) is 105 cm³/mol. The van der Waals surface area contributed by atoms with E-state index >= 15 is 0 Å². The Morgan fingerprint density at radius 3 is 2.41 bits per heavy atom. The SMILES string of the molecule is C[C@@H](CN)NC(=O)c1ccc2c(c1)C(=O)N(CCc1ccccc1)C2=O.Cl. The molecule has 3 N–H and O–H groups in total. The smallest absolute Gasteiger partial charge is 0.261 e. The van der Waals surface area contributed by atoms with Gasteiger partial charge in [0.25, 0.3) is 17.7 Å². The number of amides is 3. The number of benzene rings is 2. The highest BCUT2D eigenvalue weighted by Gasteiger charge is 2.35. The van der Waals surface area contributed by atoms with Gasteiger partial charge in [0, 0.05) is 24.7 Å². The fourth-order valence-corrected chi connectivity index (χ4v) is 2.89. The molecular formula is C20H22ClN3O3. The average molecular weight is 388 g/mol. The Morgan fingerprint density at radius 2 is 1.74 bits per heavy atom. The first-order chi connectivity index (χ1) is 12.5. The molecule has 0 unspecified atom stereocenters. The summed E-state index contributed by atoms with van der Waals surface area (Å²) in [5, 5.41) is 2.75. The lowest BCUT2D eigenvalue weighted by atomic mass is 10.1. The molecule has 7 heteroatoms. The number of fused-ring (bicyclic) bond motifs is 1. The largest absolute Gasteiger partial charge is 0.348 e. The number of rotatable bonds is 6. The van der Waals surface area contributed by atoms with E-state index in [1.165, 1.54) is 11.0 Å². The van der Waals surface area contributed by atoms with Gasteiger partial charge in [-0.1, -0.05) is 30.3 Å². The van der Waals surface area contributed by atoms with Crippen LogP contribution in [-0.4, -0.2) is 41.8 Å². The van der Waals surface area contributed by atoms with E-state index in [-0.39, 0.29) is 41.7 Å². The second-order valence-corrected chi connectivity index (χ2v) is 6.37. The van der Waals surface area contributed by atoms with Gasteiger partial charge in [-0.2, -0.15) is 0 Å². The van der Waals surface area contributed by atoms with E-state index in [0.29, 0.717) is 30.6 Å². The van der Waals surface area contributed by atoms with E-state index in [1.54, 1.807) is 19.1 Å². The molecule has 0 bridgehead atoms. The van der Waals surface area contributed by atoms with Gasteiger partial charge in [-0.3, -0.25) is 19.3 Å². The minimum absolute atomic E-state index is 0. The number of hydrogen-bond donors (Lipinski definition) is 2. The fourth-order valence-electron chi connectivity index (χ4n) is 2.89. The van der Waals surface area contributed by atoms with E-state index < -0.39 is 0 Å². The predicted octanol–water partition coefficient (Wildman–Crippen LogP) is 2.02. The highest BCUT2D eigenvalue weighted by Crippen LogP contribution is 2.24. The molecule has 2 aromatic rings. The van der Waals surface area contributed by atoms with Gasteiger partial charge in [-0.05, 0) is 37.1 Å². The maximum Gasteiger partial charge on any atom is 0.261 e. The van der Waals surface area contributed by atoms with E-state index in [4.69, 9.17) is 5.73 Å². The molecule has 0 saturated heterocycles. The molecule has 3 amide bonds. The van der Waals surface area contributed by atoms with Crippen LogP contribution in [0.25, 0.3) is 0 Å². The number of imide groups is 1. The number of carbonyl (C=O) groups is 3. The van der Waals surface area contributed by atoms with Crippen molar-refractivity contribution in [1.29, 1.82) is 0 Å². The number of hydrogen-bond acceptors (Lipinski definition) is 4. The molecule has 0 radical (unpaired) electrons. The lowest BCUT2D eigenvalue weighted by molar-refractivity contribution is 0.0656. The molecule has 0 aromatic heterocycles. The van der Waals surface area contributed by atoms with Crippen LogP contribution in [0.4, 0.5) is 0 Å². The topological polar surface area (TPSA) is 92.5 Å². The maximum atomic E-state index is 12.6. The normalized spacial score (nSPS) is 13.8. The van der Waals surface area contributed by atoms with Gasteiger partial charge in [0.15, 0.2) is 0 Å². The Bertz CT molecular complexity index is 855. The van der Waals surface area contributed by atoms with Crippen molar-refractivity contribution in [2.45, 2.75) is 19.4 Å². The first-order valence-corrected chi connectivity index (χ1v) is 8.56. The van der Waals surface area contributed by atoms with Crippen molar-refractivity contribution < 1.29 is 14.4 Å². The molecular weight excluding hydrogens is 366 g/mol. The Labute approximate surface area is 164 Å². The first kappa shape index (κ1) is 20.6. The lowest BCUT2D eigenvalue weighted by Crippen LogP contribution is -2.37. The van der Waals surface area contributed by atoms with Gasteiger partial charge in [0.1, 0.15) is 0 Å². The Hall–Kier alpha value is -2.70. The molecule has 1 heterocycles. The summed E-state index contributed by atoms with van der Waals surface area (Å²) in [4.78, 5) is 38.6. The highest BCUT2D eigenvalue weighted by molar-refractivity contribution is 6.22. The number of carbonyl (C=O) groups excluding carboxylic acids is 3. The van der Waals surface area contributed by atoms with Crippen molar-refractivity contribution >= 4 is 30.1 Å². The average Bonchev–Trinajstić information content (AvgIpc) is 2.90. The van der Waals surface area contributed by atoms with Crippen LogP contribution in [0.1, 0.15) is 43.6 Å². The molecule has 1 aliphatic heterocycles. The summed E-state index contributed by atoms with van der Waals surface area (Å²) in [5.41, 5.74) is 7.52. The zero-order valence-electron chi connectivity index (χ0n) is 15.0. The van der Waals surface area contributed by atoms with Crippen molar-refractivity contribution in [2.75, 3.05) is 13.1 Å². The third-order valence-electron chi connectivity index (χ3n) is 4.43. The minimum Gasteiger partial charge on any atom is -0.348 e. The van der Waals surface area contributed by atoms with Crippen molar-refractivity contribution in [2.24, 2.45) is 5.73 Å². The Balaban J connectivity index is 0.00000261. The van der Waals surface area contributed by atoms with Gasteiger partial charge in [0.05, 0.1) is 11.1 Å². The molecule has 27 heavy (non-hydrogen) atoms. The van der Waals surface area contributed by atoms with Crippen molar-refractivity contribution in [3.05, 3.63) is 70.8 Å². The lowest BCUT2D eigenvalue weighted by Gasteiger charge is -2.13. The third-order valence-corrected chi connectivity index (χ3v) is 4.43. The van der Waals surface area contributed by atoms with Gasteiger partial charge >= 0.3 is 0 Å². The molecule has 6 nitrogen and oxygen atoms in total. The number of halogens is 1. The van der Waals surface area contributed by atoms with Crippen LogP contribution >= 0.6 is 12.4 Å². The Kier molecular flexibility index (Phi) is 6.71. The molecule has 0 aliphatic carbocycles. The minimum atomic E-state index is -0.359. The summed E-state index contributed by atoms with van der Waals surface area (Å²) < 4.78 is 0. The molecule has 3 rings (SSSR count). The second kappa shape index (κ2) is 8.79. The molecule has 1 atom stereocenters. The van der Waals surface area contributed by atoms with Crippen LogP contribution in [0.15, 0.2) is 48.5 Å². The number of nitrogens with two attached hydrogens (primary N) is 1. The van der Waals surface area contributed by atoms with Crippen LogP contribution in [0.5, 0.6) is 0 Å². The second-order valence-electron chi connectivity index (χ2n) is 6.37. The zero-order valence-corrected chi connectivity index (χ0v) is 15.8. The monoisotopic (exact) mass is 387 g/mol. The summed E-state index contributed by atoms with van der Waals surface area (Å²) in [6.07, 6.45) is 0.591. The zero-order chi connectivity index (χ0) is 18.7. The number of nitrogens with zero attached hydrogens (tertiary/aromatic N) is 1. The quantitative estimate of drug-likeness (QED) is 0.742. The maximum absolute atomic E-state index is 12.6. The molecule has 1 aliphatic rings. The summed E-state index contributed by atoms with van der Waals surface area (Å²) in [6.45, 7) is 2.43. The van der Waals surface area contributed by atoms with E-state index in [1.807, 2.05) is 30.3 Å².